The van der Waals surface area contributed by atoms with Gasteiger partial charge in [-0.05, 0) is 13.3 Å². The number of oxime groups is 1. The van der Waals surface area contributed by atoms with Crippen molar-refractivity contribution in [2.24, 2.45) is 5.16 Å². The van der Waals surface area contributed by atoms with E-state index in [1.807, 2.05) is 0 Å². The highest BCUT2D eigenvalue weighted by atomic mass is 32.3. The molecule has 0 aromatic heterocycles. The van der Waals surface area contributed by atoms with Crippen LogP contribution >= 0.6 is 11.8 Å². The lowest BCUT2D eigenvalue weighted by Gasteiger charge is -2.39. The maximum absolute atomic E-state index is 10.6. The van der Waals surface area contributed by atoms with E-state index >= 15 is 0 Å². The Balaban J connectivity index is 2.86. The van der Waals surface area contributed by atoms with Gasteiger partial charge in [0.05, 0.1) is 12.7 Å². The first-order chi connectivity index (χ1) is 11.0. The predicted octanol–water partition coefficient (Wildman–Crippen LogP) is -2.19. The fraction of sp³-hybridized carbons (Fsp3) is 0.909. The highest BCUT2D eigenvalue weighted by Crippen LogP contribution is 2.30. The first-order valence-corrected chi connectivity index (χ1v) is 9.17. The molecule has 1 fully saturated rings. The van der Waals surface area contributed by atoms with Crippen molar-refractivity contribution in [3.63, 3.8) is 0 Å². The summed E-state index contributed by atoms with van der Waals surface area (Å²) in [6.45, 7) is 0.865. The van der Waals surface area contributed by atoms with Gasteiger partial charge in [0.2, 0.25) is 0 Å². The highest BCUT2D eigenvalue weighted by Gasteiger charge is 2.44. The first kappa shape index (κ1) is 21.5. The molecular formula is C11H21NO10S2. The normalized spacial score (nSPS) is 33.3. The Morgan fingerprint density at radius 2 is 1.92 bits per heavy atom. The molecule has 0 unspecified atom stereocenters. The van der Waals surface area contributed by atoms with Gasteiger partial charge in [0, 0.05) is 6.42 Å². The Labute approximate surface area is 142 Å². The van der Waals surface area contributed by atoms with E-state index in [1.54, 1.807) is 0 Å². The average Bonchev–Trinajstić information content (AvgIpc) is 2.49. The molecule has 0 amide bonds. The van der Waals surface area contributed by atoms with Crippen LogP contribution in [0.5, 0.6) is 0 Å². The third-order valence-electron chi connectivity index (χ3n) is 3.11. The van der Waals surface area contributed by atoms with Crippen molar-refractivity contribution in [3.8, 4) is 0 Å². The zero-order valence-electron chi connectivity index (χ0n) is 12.7. The van der Waals surface area contributed by atoms with Crippen LogP contribution in [0.1, 0.15) is 19.8 Å². The van der Waals surface area contributed by atoms with E-state index < -0.39 is 53.0 Å². The number of nitrogens with zero attached hydrogens (tertiary/aromatic N) is 1. The van der Waals surface area contributed by atoms with Crippen LogP contribution in [-0.4, -0.2) is 86.1 Å². The summed E-state index contributed by atoms with van der Waals surface area (Å²) < 4.78 is 38.9. The fourth-order valence-corrected chi connectivity index (χ4v) is 3.16. The predicted molar refractivity (Wildman–Crippen MR) is 82.3 cm³/mol. The summed E-state index contributed by atoms with van der Waals surface area (Å²) >= 11 is 0.665. The van der Waals surface area contributed by atoms with Crippen LogP contribution in [0.15, 0.2) is 5.16 Å². The average molecular weight is 391 g/mol. The molecule has 1 heterocycles. The minimum absolute atomic E-state index is 0.0207. The topological polar surface area (TPSA) is 186 Å². The minimum Gasteiger partial charge on any atom is -0.394 e. The minimum atomic E-state index is -4.84. The zero-order valence-corrected chi connectivity index (χ0v) is 14.3. The monoisotopic (exact) mass is 391 g/mol. The van der Waals surface area contributed by atoms with Crippen molar-refractivity contribution in [3.05, 3.63) is 0 Å². The van der Waals surface area contributed by atoms with Crippen molar-refractivity contribution < 1.29 is 47.5 Å². The van der Waals surface area contributed by atoms with Gasteiger partial charge in [-0.1, -0.05) is 16.9 Å². The Morgan fingerprint density at radius 1 is 1.29 bits per heavy atom. The van der Waals surface area contributed by atoms with Crippen LogP contribution in [0.2, 0.25) is 0 Å². The second-order valence-corrected chi connectivity index (χ2v) is 7.37. The molecule has 142 valence electrons. The van der Waals surface area contributed by atoms with E-state index in [4.69, 9.17) is 14.4 Å². The fourth-order valence-electron chi connectivity index (χ4n) is 1.85. The number of aliphatic hydroxyl groups is 5. The molecule has 0 radical (unpaired) electrons. The van der Waals surface area contributed by atoms with E-state index in [-0.39, 0.29) is 17.9 Å². The highest BCUT2D eigenvalue weighted by molar-refractivity contribution is 8.14. The van der Waals surface area contributed by atoms with Crippen LogP contribution in [0.25, 0.3) is 0 Å². The van der Waals surface area contributed by atoms with Crippen LogP contribution in [0.4, 0.5) is 0 Å². The molecule has 13 heteroatoms. The molecule has 24 heavy (non-hydrogen) atoms. The molecule has 11 nitrogen and oxygen atoms in total. The Hall–Kier alpha value is -0.510. The molecule has 1 aliphatic heterocycles. The van der Waals surface area contributed by atoms with Gasteiger partial charge in [0.15, 0.2) is 0 Å². The number of rotatable bonds is 7. The lowest BCUT2D eigenvalue weighted by molar-refractivity contribution is -0.205. The van der Waals surface area contributed by atoms with Crippen LogP contribution < -0.4 is 0 Å². The number of thioether (sulfide) groups is 1. The lowest BCUT2D eigenvalue weighted by atomic mass is 10.0. The summed E-state index contributed by atoms with van der Waals surface area (Å²) in [7, 11) is -4.84. The van der Waals surface area contributed by atoms with Crippen LogP contribution in [0, 0.1) is 0 Å². The number of hydrogen-bond acceptors (Lipinski definition) is 11. The lowest BCUT2D eigenvalue weighted by Crippen LogP contribution is -2.57. The van der Waals surface area contributed by atoms with Crippen molar-refractivity contribution in [1.29, 1.82) is 0 Å². The number of aliphatic hydroxyl groups excluding tert-OH is 5. The van der Waals surface area contributed by atoms with Crippen molar-refractivity contribution in [2.75, 3.05) is 6.61 Å². The maximum atomic E-state index is 10.6. The van der Waals surface area contributed by atoms with Gasteiger partial charge in [-0.3, -0.25) is 4.55 Å². The Bertz CT molecular complexity index is 523. The van der Waals surface area contributed by atoms with E-state index in [0.29, 0.717) is 11.8 Å². The molecule has 0 bridgehead atoms. The molecule has 6 N–H and O–H groups in total. The van der Waals surface area contributed by atoms with E-state index in [0.717, 1.165) is 0 Å². The summed E-state index contributed by atoms with van der Waals surface area (Å²) in [4.78, 5) is 0. The summed E-state index contributed by atoms with van der Waals surface area (Å²) in [6, 6.07) is 0. The Morgan fingerprint density at radius 3 is 2.42 bits per heavy atom. The van der Waals surface area contributed by atoms with E-state index in [2.05, 4.69) is 9.44 Å². The van der Waals surface area contributed by atoms with Crippen molar-refractivity contribution >= 4 is 27.2 Å². The quantitative estimate of drug-likeness (QED) is 0.120. The molecule has 0 aliphatic carbocycles. The van der Waals surface area contributed by atoms with Gasteiger partial charge in [0.25, 0.3) is 0 Å². The second kappa shape index (κ2) is 9.26. The maximum Gasteiger partial charge on any atom is 0.466 e. The second-order valence-electron chi connectivity index (χ2n) is 5.19. The zero-order chi connectivity index (χ0) is 18.5. The van der Waals surface area contributed by atoms with E-state index in [1.165, 1.54) is 6.92 Å². The van der Waals surface area contributed by atoms with Gasteiger partial charge in [-0.15, -0.1) is 0 Å². The van der Waals surface area contributed by atoms with Gasteiger partial charge in [-0.25, -0.2) is 4.28 Å². The SMILES string of the molecule is C[C@@H](O)CC/C(=N\OS(=O)(=O)O)S[C@H]1O[C@@H](CO)[C@H](O)[C@@H](O)[C@H]1O. The van der Waals surface area contributed by atoms with Crippen LogP contribution in [-0.2, 0) is 19.4 Å². The van der Waals surface area contributed by atoms with Gasteiger partial charge in [0.1, 0.15) is 34.9 Å². The van der Waals surface area contributed by atoms with Crippen molar-refractivity contribution in [2.45, 2.75) is 55.7 Å². The molecule has 1 rings (SSSR count). The number of hydrogen-bond donors (Lipinski definition) is 6. The number of ether oxygens (including phenoxy) is 1. The molecule has 6 atom stereocenters. The summed E-state index contributed by atoms with van der Waals surface area (Å²) in [5, 5.41) is 50.9. The summed E-state index contributed by atoms with van der Waals surface area (Å²) in [5.74, 6) is 0. The molecule has 1 aliphatic rings. The largest absolute Gasteiger partial charge is 0.466 e. The standard InChI is InChI=1S/C11H21NO10S2/c1-5(14)2-3-7(12-22-24(18,19)20)23-11-10(17)9(16)8(15)6(4-13)21-11/h5-6,8-11,13-17H,2-4H2,1H3,(H,18,19,20)/b12-7+/t5-,6+,8+,9-,10-,11-/m1/s1. The molecule has 0 saturated carbocycles. The summed E-state index contributed by atoms with van der Waals surface area (Å²) in [6.07, 6.45) is -6.39. The molecule has 0 spiro atoms. The third kappa shape index (κ3) is 6.78. The smallest absolute Gasteiger partial charge is 0.394 e. The first-order valence-electron chi connectivity index (χ1n) is 6.93. The van der Waals surface area contributed by atoms with Crippen molar-refractivity contribution in [1.82, 2.24) is 0 Å². The third-order valence-corrected chi connectivity index (χ3v) is 4.55. The van der Waals surface area contributed by atoms with E-state index in [9.17, 15) is 28.8 Å². The molecule has 1 saturated heterocycles. The van der Waals surface area contributed by atoms with Gasteiger partial charge >= 0.3 is 10.4 Å². The van der Waals surface area contributed by atoms with Gasteiger partial charge in [-0.2, -0.15) is 8.42 Å². The molecule has 0 aromatic rings. The summed E-state index contributed by atoms with van der Waals surface area (Å²) in [5.41, 5.74) is -1.20. The van der Waals surface area contributed by atoms with Gasteiger partial charge < -0.3 is 30.3 Å². The Kier molecular flexibility index (Phi) is 8.31. The molecular weight excluding hydrogens is 370 g/mol. The molecule has 0 aromatic carbocycles. The van der Waals surface area contributed by atoms with Crippen LogP contribution in [0.3, 0.4) is 0 Å².